The third kappa shape index (κ3) is 7.82. The molecule has 0 saturated heterocycles. The average molecular weight is 339 g/mol. The van der Waals surface area contributed by atoms with Crippen LogP contribution in [0.4, 0.5) is 4.79 Å². The van der Waals surface area contributed by atoms with Crippen LogP contribution in [0.5, 0.6) is 11.5 Å². The highest BCUT2D eigenvalue weighted by molar-refractivity contribution is 5.92. The van der Waals surface area contributed by atoms with E-state index in [2.05, 4.69) is 10.1 Å². The zero-order valence-electron chi connectivity index (χ0n) is 14.6. The van der Waals surface area contributed by atoms with Crippen LogP contribution in [0.25, 0.3) is 0 Å². The zero-order chi connectivity index (χ0) is 17.8. The highest BCUT2D eigenvalue weighted by Crippen LogP contribution is 2.17. The van der Waals surface area contributed by atoms with Gasteiger partial charge in [-0.3, -0.25) is 10.1 Å². The van der Waals surface area contributed by atoms with Crippen LogP contribution in [-0.4, -0.2) is 51.5 Å². The van der Waals surface area contributed by atoms with Crippen molar-refractivity contribution >= 4 is 12.0 Å². The minimum absolute atomic E-state index is 0.196. The first kappa shape index (κ1) is 19.8. The number of imide groups is 1. The minimum atomic E-state index is -0.705. The second kappa shape index (κ2) is 11.3. The molecule has 1 aromatic rings. The summed E-state index contributed by atoms with van der Waals surface area (Å²) in [6, 6.07) is 7.42. The Balaban J connectivity index is 2.32. The Morgan fingerprint density at radius 3 is 2.17 bits per heavy atom. The van der Waals surface area contributed by atoms with Gasteiger partial charge in [0.25, 0.3) is 5.91 Å². The Labute approximate surface area is 142 Å². The van der Waals surface area contributed by atoms with E-state index in [1.807, 2.05) is 38.1 Å². The molecule has 0 bridgehead atoms. The quantitative estimate of drug-likeness (QED) is 0.654. The predicted molar refractivity (Wildman–Crippen MR) is 89.5 cm³/mol. The molecule has 1 atom stereocenters. The molecule has 0 aromatic heterocycles. The molecule has 0 aliphatic rings. The molecule has 0 spiro atoms. The Bertz CT molecular complexity index is 504. The van der Waals surface area contributed by atoms with E-state index in [-0.39, 0.29) is 19.1 Å². The van der Waals surface area contributed by atoms with Gasteiger partial charge in [-0.25, -0.2) is 4.79 Å². The monoisotopic (exact) mass is 339 g/mol. The van der Waals surface area contributed by atoms with Crippen LogP contribution >= 0.6 is 0 Å². The van der Waals surface area contributed by atoms with Crippen LogP contribution in [0.3, 0.4) is 0 Å². The number of nitrogens with one attached hydrogen (secondary N) is 2. The molecular formula is C17H27N2O5+. The molecule has 0 aliphatic carbocycles. The highest BCUT2D eigenvalue weighted by Gasteiger charge is 2.15. The lowest BCUT2D eigenvalue weighted by Gasteiger charge is -2.17. The van der Waals surface area contributed by atoms with E-state index in [1.165, 1.54) is 0 Å². The van der Waals surface area contributed by atoms with Crippen LogP contribution in [0.2, 0.25) is 0 Å². The minimum Gasteiger partial charge on any atom is -0.494 e. The van der Waals surface area contributed by atoms with E-state index in [1.54, 1.807) is 6.92 Å². The number of amides is 2. The smallest absolute Gasteiger partial charge is 0.414 e. The van der Waals surface area contributed by atoms with Crippen molar-refractivity contribution in [2.24, 2.45) is 0 Å². The molecule has 0 saturated carbocycles. The molecule has 2 N–H and O–H groups in total. The van der Waals surface area contributed by atoms with Crippen LogP contribution in [0.15, 0.2) is 24.3 Å². The summed E-state index contributed by atoms with van der Waals surface area (Å²) in [5, 5.41) is 2.20. The van der Waals surface area contributed by atoms with Gasteiger partial charge in [-0.15, -0.1) is 0 Å². The van der Waals surface area contributed by atoms with E-state index in [0.717, 1.165) is 22.9 Å². The van der Waals surface area contributed by atoms with Gasteiger partial charge >= 0.3 is 6.09 Å². The molecule has 0 heterocycles. The van der Waals surface area contributed by atoms with Crippen molar-refractivity contribution < 1.29 is 28.7 Å². The summed E-state index contributed by atoms with van der Waals surface area (Å²) in [6.07, 6.45) is -0.705. The summed E-state index contributed by atoms with van der Waals surface area (Å²) < 4.78 is 15.7. The number of benzene rings is 1. The van der Waals surface area contributed by atoms with Crippen molar-refractivity contribution in [1.82, 2.24) is 5.32 Å². The summed E-state index contributed by atoms with van der Waals surface area (Å²) in [7, 11) is 0. The van der Waals surface area contributed by atoms with Gasteiger partial charge in [-0.1, -0.05) is 0 Å². The topological polar surface area (TPSA) is 78.3 Å². The van der Waals surface area contributed by atoms with Gasteiger partial charge in [-0.05, 0) is 45.0 Å². The van der Waals surface area contributed by atoms with E-state index in [9.17, 15) is 9.59 Å². The van der Waals surface area contributed by atoms with Crippen molar-refractivity contribution in [3.63, 3.8) is 0 Å². The third-order valence-corrected chi connectivity index (χ3v) is 3.29. The van der Waals surface area contributed by atoms with Gasteiger partial charge in [0, 0.05) is 0 Å². The molecule has 0 fully saturated rings. The molecule has 24 heavy (non-hydrogen) atoms. The SMILES string of the molecule is CCOC(=O)NC(=O)C[NH+](CC)CCOc1ccc(OCC)cc1. The fourth-order valence-corrected chi connectivity index (χ4v) is 2.05. The third-order valence-electron chi connectivity index (χ3n) is 3.29. The summed E-state index contributed by atoms with van der Waals surface area (Å²) in [6.45, 7) is 8.54. The number of carbonyl (C=O) groups excluding carboxylic acids is 2. The van der Waals surface area contributed by atoms with Crippen molar-refractivity contribution in [2.75, 3.05) is 39.5 Å². The first-order chi connectivity index (χ1) is 11.6. The number of rotatable bonds is 10. The van der Waals surface area contributed by atoms with Gasteiger partial charge in [0.15, 0.2) is 6.54 Å². The normalized spacial score (nSPS) is 11.5. The fourth-order valence-electron chi connectivity index (χ4n) is 2.05. The Hall–Kier alpha value is -2.28. The standard InChI is InChI=1S/C17H26N2O5/c1-4-19(13-16(20)18-17(21)23-6-3)11-12-24-15-9-7-14(8-10-15)22-5-2/h7-10H,4-6,11-13H2,1-3H3,(H,18,20,21)/p+1. The van der Waals surface area contributed by atoms with Crippen molar-refractivity contribution in [1.29, 1.82) is 0 Å². The number of quaternary nitrogens is 1. The molecule has 7 nitrogen and oxygen atoms in total. The molecule has 1 rings (SSSR count). The number of likely N-dealkylation sites (N-methyl/N-ethyl adjacent to an activating group) is 1. The molecular weight excluding hydrogens is 312 g/mol. The number of alkyl carbamates (subject to hydrolysis) is 1. The van der Waals surface area contributed by atoms with Gasteiger partial charge in [0.2, 0.25) is 0 Å². The molecule has 7 heteroatoms. The molecule has 1 aromatic carbocycles. The summed E-state index contributed by atoms with van der Waals surface area (Å²) >= 11 is 0. The van der Waals surface area contributed by atoms with Gasteiger partial charge in [-0.2, -0.15) is 0 Å². The maximum Gasteiger partial charge on any atom is 0.414 e. The highest BCUT2D eigenvalue weighted by atomic mass is 16.5. The summed E-state index contributed by atoms with van der Waals surface area (Å²) in [5.74, 6) is 1.21. The van der Waals surface area contributed by atoms with E-state index < -0.39 is 6.09 Å². The van der Waals surface area contributed by atoms with Crippen molar-refractivity contribution in [3.05, 3.63) is 24.3 Å². The van der Waals surface area contributed by atoms with Gasteiger partial charge in [0.05, 0.1) is 19.8 Å². The largest absolute Gasteiger partial charge is 0.494 e. The Morgan fingerprint density at radius 1 is 1.00 bits per heavy atom. The molecule has 134 valence electrons. The lowest BCUT2D eigenvalue weighted by molar-refractivity contribution is -0.890. The average Bonchev–Trinajstić information content (AvgIpc) is 2.55. The molecule has 0 radical (unpaired) electrons. The maximum atomic E-state index is 11.7. The maximum absolute atomic E-state index is 11.7. The molecule has 1 unspecified atom stereocenters. The van der Waals surface area contributed by atoms with Crippen LogP contribution < -0.4 is 19.7 Å². The lowest BCUT2D eigenvalue weighted by atomic mass is 10.3. The predicted octanol–water partition coefficient (Wildman–Crippen LogP) is 0.642. The fraction of sp³-hybridized carbons (Fsp3) is 0.529. The first-order valence-corrected chi connectivity index (χ1v) is 8.24. The van der Waals surface area contributed by atoms with Crippen molar-refractivity contribution in [3.8, 4) is 11.5 Å². The Morgan fingerprint density at radius 2 is 1.62 bits per heavy atom. The van der Waals surface area contributed by atoms with E-state index in [0.29, 0.717) is 19.8 Å². The van der Waals surface area contributed by atoms with Crippen LogP contribution in [0, 0.1) is 0 Å². The van der Waals surface area contributed by atoms with Crippen molar-refractivity contribution in [2.45, 2.75) is 20.8 Å². The molecule has 0 aliphatic heterocycles. The number of hydrogen-bond acceptors (Lipinski definition) is 5. The number of ether oxygens (including phenoxy) is 3. The molecule has 2 amide bonds. The van der Waals surface area contributed by atoms with Crippen LogP contribution in [-0.2, 0) is 9.53 Å². The summed E-state index contributed by atoms with van der Waals surface area (Å²) in [4.78, 5) is 24.0. The van der Waals surface area contributed by atoms with E-state index >= 15 is 0 Å². The van der Waals surface area contributed by atoms with E-state index in [4.69, 9.17) is 9.47 Å². The second-order valence-electron chi connectivity index (χ2n) is 5.05. The number of hydrogen-bond donors (Lipinski definition) is 2. The number of carbonyl (C=O) groups is 2. The van der Waals surface area contributed by atoms with Crippen LogP contribution in [0.1, 0.15) is 20.8 Å². The van der Waals surface area contributed by atoms with Gasteiger partial charge < -0.3 is 19.1 Å². The zero-order valence-corrected chi connectivity index (χ0v) is 14.6. The lowest BCUT2D eigenvalue weighted by Crippen LogP contribution is -3.13. The summed E-state index contributed by atoms with van der Waals surface area (Å²) in [5.41, 5.74) is 0. The van der Waals surface area contributed by atoms with Gasteiger partial charge in [0.1, 0.15) is 24.7 Å². The second-order valence-corrected chi connectivity index (χ2v) is 5.05. The first-order valence-electron chi connectivity index (χ1n) is 8.24. The Kier molecular flexibility index (Phi) is 9.29.